The third kappa shape index (κ3) is 3.83. The van der Waals surface area contributed by atoms with E-state index < -0.39 is 0 Å². The minimum Gasteiger partial charge on any atom is -0.508 e. The Hall–Kier alpha value is -1.81. The molecule has 0 spiro atoms. The minimum absolute atomic E-state index is 0.0841. The predicted octanol–water partition coefficient (Wildman–Crippen LogP) is 2.97. The zero-order chi connectivity index (χ0) is 13.8. The summed E-state index contributed by atoms with van der Waals surface area (Å²) >= 11 is 0. The number of nitrogens with one attached hydrogen (secondary N) is 1. The molecule has 2 aromatic rings. The van der Waals surface area contributed by atoms with Gasteiger partial charge < -0.3 is 14.8 Å². The maximum Gasteiger partial charge on any atom is 0.211 e. The fourth-order valence-electron chi connectivity index (χ4n) is 2.11. The molecule has 4 heteroatoms. The van der Waals surface area contributed by atoms with Gasteiger partial charge in [-0.1, -0.05) is 12.1 Å². The molecule has 4 nitrogen and oxygen atoms in total. The van der Waals surface area contributed by atoms with E-state index in [0.29, 0.717) is 11.8 Å². The number of oxazole rings is 1. The number of benzene rings is 1. The first-order valence-corrected chi connectivity index (χ1v) is 6.51. The monoisotopic (exact) mass is 260 g/mol. The van der Waals surface area contributed by atoms with E-state index in [0.717, 1.165) is 18.1 Å². The van der Waals surface area contributed by atoms with E-state index in [1.807, 2.05) is 26.0 Å². The lowest BCUT2D eigenvalue weighted by molar-refractivity contribution is 0.376. The third-order valence-corrected chi connectivity index (χ3v) is 3.02. The zero-order valence-electron chi connectivity index (χ0n) is 11.6. The Morgan fingerprint density at radius 2 is 1.95 bits per heavy atom. The summed E-state index contributed by atoms with van der Waals surface area (Å²) in [5.74, 6) is 1.85. The van der Waals surface area contributed by atoms with Crippen molar-refractivity contribution in [2.45, 2.75) is 39.3 Å². The molecule has 0 fully saturated rings. The Bertz CT molecular complexity index is 519. The van der Waals surface area contributed by atoms with E-state index in [4.69, 9.17) is 4.42 Å². The molecule has 19 heavy (non-hydrogen) atoms. The SMILES string of the molecule is Cc1cnc(C(C)NC(C)Cc2ccc(O)cc2)o1. The van der Waals surface area contributed by atoms with Crippen LogP contribution >= 0.6 is 0 Å². The number of aromatic hydroxyl groups is 1. The Kier molecular flexibility index (Phi) is 4.22. The minimum atomic E-state index is 0.0841. The van der Waals surface area contributed by atoms with Crippen molar-refractivity contribution in [1.29, 1.82) is 0 Å². The number of phenolic OH excluding ortho intramolecular Hbond substituents is 1. The highest BCUT2D eigenvalue weighted by molar-refractivity contribution is 5.26. The summed E-state index contributed by atoms with van der Waals surface area (Å²) in [5.41, 5.74) is 1.19. The Balaban J connectivity index is 1.90. The van der Waals surface area contributed by atoms with Crippen LogP contribution in [-0.4, -0.2) is 16.1 Å². The van der Waals surface area contributed by atoms with Crippen molar-refractivity contribution >= 4 is 0 Å². The van der Waals surface area contributed by atoms with E-state index in [2.05, 4.69) is 17.2 Å². The van der Waals surface area contributed by atoms with Gasteiger partial charge in [-0.2, -0.15) is 0 Å². The topological polar surface area (TPSA) is 58.3 Å². The number of phenols is 1. The van der Waals surface area contributed by atoms with E-state index in [9.17, 15) is 5.11 Å². The summed E-state index contributed by atoms with van der Waals surface area (Å²) in [5, 5.41) is 12.7. The molecule has 0 amide bonds. The Morgan fingerprint density at radius 3 is 2.53 bits per heavy atom. The lowest BCUT2D eigenvalue weighted by Crippen LogP contribution is -2.30. The summed E-state index contributed by atoms with van der Waals surface area (Å²) in [7, 11) is 0. The summed E-state index contributed by atoms with van der Waals surface area (Å²) in [6.07, 6.45) is 2.63. The lowest BCUT2D eigenvalue weighted by atomic mass is 10.1. The van der Waals surface area contributed by atoms with Crippen LogP contribution in [0.4, 0.5) is 0 Å². The van der Waals surface area contributed by atoms with Gasteiger partial charge in [-0.3, -0.25) is 0 Å². The molecule has 2 unspecified atom stereocenters. The van der Waals surface area contributed by atoms with Gasteiger partial charge in [-0.15, -0.1) is 0 Å². The van der Waals surface area contributed by atoms with Gasteiger partial charge >= 0.3 is 0 Å². The molecule has 0 aliphatic heterocycles. The Labute approximate surface area is 113 Å². The number of aromatic nitrogens is 1. The first-order valence-electron chi connectivity index (χ1n) is 6.51. The maximum atomic E-state index is 9.25. The summed E-state index contributed by atoms with van der Waals surface area (Å²) in [6.45, 7) is 6.06. The second kappa shape index (κ2) is 5.89. The van der Waals surface area contributed by atoms with Crippen molar-refractivity contribution in [2.24, 2.45) is 0 Å². The van der Waals surface area contributed by atoms with Crippen LogP contribution in [0.1, 0.15) is 37.1 Å². The van der Waals surface area contributed by atoms with E-state index in [-0.39, 0.29) is 6.04 Å². The van der Waals surface area contributed by atoms with Gasteiger partial charge in [0.25, 0.3) is 0 Å². The van der Waals surface area contributed by atoms with Crippen molar-refractivity contribution in [2.75, 3.05) is 0 Å². The molecule has 1 aromatic carbocycles. The van der Waals surface area contributed by atoms with Gasteiger partial charge in [0.1, 0.15) is 11.5 Å². The van der Waals surface area contributed by atoms with E-state index in [1.54, 1.807) is 18.3 Å². The molecule has 1 heterocycles. The average molecular weight is 260 g/mol. The van der Waals surface area contributed by atoms with Crippen LogP contribution in [0.15, 0.2) is 34.9 Å². The Morgan fingerprint density at radius 1 is 1.26 bits per heavy atom. The normalized spacial score (nSPS) is 14.3. The van der Waals surface area contributed by atoms with Gasteiger partial charge in [0.05, 0.1) is 12.2 Å². The van der Waals surface area contributed by atoms with Crippen molar-refractivity contribution in [3.05, 3.63) is 47.7 Å². The first-order chi connectivity index (χ1) is 9.04. The van der Waals surface area contributed by atoms with Gasteiger partial charge in [-0.25, -0.2) is 4.98 Å². The van der Waals surface area contributed by atoms with Crippen molar-refractivity contribution < 1.29 is 9.52 Å². The number of aryl methyl sites for hydroxylation is 1. The molecule has 0 saturated heterocycles. The molecule has 2 rings (SSSR count). The van der Waals surface area contributed by atoms with Crippen LogP contribution in [0, 0.1) is 6.92 Å². The largest absolute Gasteiger partial charge is 0.508 e. The number of rotatable bonds is 5. The first kappa shape index (κ1) is 13.6. The molecule has 0 radical (unpaired) electrons. The standard InChI is InChI=1S/C15H20N2O2/c1-10(8-13-4-6-14(18)7-5-13)17-12(3)15-16-9-11(2)19-15/h4-7,9-10,12,17-18H,8H2,1-3H3. The van der Waals surface area contributed by atoms with Crippen LogP contribution in [-0.2, 0) is 6.42 Å². The van der Waals surface area contributed by atoms with Gasteiger partial charge in [0.2, 0.25) is 5.89 Å². The second-order valence-electron chi connectivity index (χ2n) is 4.97. The molecular weight excluding hydrogens is 240 g/mol. The summed E-state index contributed by atoms with van der Waals surface area (Å²) < 4.78 is 5.51. The molecule has 2 atom stereocenters. The van der Waals surface area contributed by atoms with Crippen molar-refractivity contribution in [3.8, 4) is 5.75 Å². The number of hydrogen-bond acceptors (Lipinski definition) is 4. The van der Waals surface area contributed by atoms with Crippen molar-refractivity contribution in [3.63, 3.8) is 0 Å². The number of hydrogen-bond donors (Lipinski definition) is 2. The highest BCUT2D eigenvalue weighted by Crippen LogP contribution is 2.15. The smallest absolute Gasteiger partial charge is 0.211 e. The molecule has 2 N–H and O–H groups in total. The molecule has 0 bridgehead atoms. The van der Waals surface area contributed by atoms with E-state index >= 15 is 0 Å². The van der Waals surface area contributed by atoms with Crippen LogP contribution in [0.3, 0.4) is 0 Å². The molecule has 1 aromatic heterocycles. The van der Waals surface area contributed by atoms with Crippen LogP contribution in [0.2, 0.25) is 0 Å². The van der Waals surface area contributed by atoms with Gasteiger partial charge in [0, 0.05) is 6.04 Å². The maximum absolute atomic E-state index is 9.25. The molecule has 102 valence electrons. The summed E-state index contributed by atoms with van der Waals surface area (Å²) in [4.78, 5) is 4.23. The highest BCUT2D eigenvalue weighted by Gasteiger charge is 2.14. The molecule has 0 aliphatic rings. The number of nitrogens with zero attached hydrogens (tertiary/aromatic N) is 1. The van der Waals surface area contributed by atoms with Gasteiger partial charge in [-0.05, 0) is 44.9 Å². The average Bonchev–Trinajstić information content (AvgIpc) is 2.79. The fourth-order valence-corrected chi connectivity index (χ4v) is 2.11. The zero-order valence-corrected chi connectivity index (χ0v) is 11.6. The van der Waals surface area contributed by atoms with Gasteiger partial charge in [0.15, 0.2) is 0 Å². The second-order valence-corrected chi connectivity index (χ2v) is 4.97. The quantitative estimate of drug-likeness (QED) is 0.867. The predicted molar refractivity (Wildman–Crippen MR) is 74.1 cm³/mol. The van der Waals surface area contributed by atoms with Crippen LogP contribution in [0.25, 0.3) is 0 Å². The third-order valence-electron chi connectivity index (χ3n) is 3.02. The lowest BCUT2D eigenvalue weighted by Gasteiger charge is -2.17. The summed E-state index contributed by atoms with van der Waals surface area (Å²) in [6, 6.07) is 7.68. The van der Waals surface area contributed by atoms with Crippen molar-refractivity contribution in [1.82, 2.24) is 10.3 Å². The highest BCUT2D eigenvalue weighted by atomic mass is 16.4. The van der Waals surface area contributed by atoms with Crippen LogP contribution < -0.4 is 5.32 Å². The molecular formula is C15H20N2O2. The molecule has 0 saturated carbocycles. The fraction of sp³-hybridized carbons (Fsp3) is 0.400. The molecule has 0 aliphatic carbocycles. The van der Waals surface area contributed by atoms with E-state index in [1.165, 1.54) is 5.56 Å². The van der Waals surface area contributed by atoms with Crippen LogP contribution in [0.5, 0.6) is 5.75 Å².